The van der Waals surface area contributed by atoms with Gasteiger partial charge in [-0.2, -0.15) is 0 Å². The van der Waals surface area contributed by atoms with Crippen LogP contribution in [-0.4, -0.2) is 53.7 Å². The van der Waals surface area contributed by atoms with Gasteiger partial charge in [-0.05, 0) is 37.7 Å². The van der Waals surface area contributed by atoms with E-state index in [0.29, 0.717) is 25.8 Å². The molecule has 32 heavy (non-hydrogen) atoms. The number of carboxylic acids is 1. The average Bonchev–Trinajstić information content (AvgIpc) is 3.11. The van der Waals surface area contributed by atoms with Gasteiger partial charge in [-0.25, -0.2) is 9.59 Å². The molecule has 3 amide bonds. The van der Waals surface area contributed by atoms with E-state index < -0.39 is 42.1 Å². The average molecular weight is 448 g/mol. The first-order chi connectivity index (χ1) is 15.2. The highest BCUT2D eigenvalue weighted by Gasteiger charge is 2.33. The lowest BCUT2D eigenvalue weighted by molar-refractivity contribution is -0.143. The molecule has 4 N–H and O–H groups in total. The van der Waals surface area contributed by atoms with E-state index in [-0.39, 0.29) is 18.2 Å². The van der Waals surface area contributed by atoms with Gasteiger partial charge in [0.25, 0.3) is 0 Å². The fraction of sp³-hybridized carbons (Fsp3) is 0.565. The van der Waals surface area contributed by atoms with Crippen LogP contribution in [0.25, 0.3) is 0 Å². The predicted octanol–water partition coefficient (Wildman–Crippen LogP) is 1.85. The molecule has 0 spiro atoms. The van der Waals surface area contributed by atoms with Crippen LogP contribution >= 0.6 is 0 Å². The number of rotatable bonds is 11. The van der Waals surface area contributed by atoms with Crippen molar-refractivity contribution < 1.29 is 29.0 Å². The van der Waals surface area contributed by atoms with Crippen molar-refractivity contribution in [2.24, 2.45) is 11.8 Å². The molecule has 0 aromatic heterocycles. The van der Waals surface area contributed by atoms with E-state index in [0.717, 1.165) is 5.56 Å². The molecule has 9 heteroatoms. The number of nitrogens with one attached hydrogen (secondary N) is 3. The fourth-order valence-electron chi connectivity index (χ4n) is 3.70. The minimum Gasteiger partial charge on any atom is -0.480 e. The zero-order valence-corrected chi connectivity index (χ0v) is 18.8. The number of benzene rings is 1. The van der Waals surface area contributed by atoms with E-state index in [9.17, 15) is 24.3 Å². The van der Waals surface area contributed by atoms with E-state index in [2.05, 4.69) is 16.0 Å². The molecule has 1 unspecified atom stereocenters. The third-order valence-corrected chi connectivity index (χ3v) is 5.29. The Morgan fingerprint density at radius 1 is 1.12 bits per heavy atom. The quantitative estimate of drug-likeness (QED) is 0.409. The van der Waals surface area contributed by atoms with E-state index in [4.69, 9.17) is 4.74 Å². The third kappa shape index (κ3) is 8.20. The molecule has 0 radical (unpaired) electrons. The zero-order valence-electron chi connectivity index (χ0n) is 18.8. The first kappa shape index (κ1) is 25.2. The van der Waals surface area contributed by atoms with E-state index in [1.807, 2.05) is 44.2 Å². The van der Waals surface area contributed by atoms with Crippen molar-refractivity contribution in [3.05, 3.63) is 35.9 Å². The molecular weight excluding hydrogens is 414 g/mol. The van der Waals surface area contributed by atoms with E-state index in [1.165, 1.54) is 0 Å². The van der Waals surface area contributed by atoms with Crippen LogP contribution in [0.1, 0.15) is 45.6 Å². The minimum atomic E-state index is -1.22. The number of ether oxygens (including phenoxy) is 1. The smallest absolute Gasteiger partial charge is 0.408 e. The van der Waals surface area contributed by atoms with Crippen LogP contribution in [0, 0.1) is 11.8 Å². The molecule has 1 aliphatic rings. The van der Waals surface area contributed by atoms with Gasteiger partial charge in [-0.15, -0.1) is 0 Å². The summed E-state index contributed by atoms with van der Waals surface area (Å²) in [6.07, 6.45) is 0.214. The van der Waals surface area contributed by atoms with Crippen LogP contribution < -0.4 is 16.0 Å². The number of carboxylic acid groups (broad SMARTS) is 1. The molecule has 1 aromatic rings. The molecular formula is C23H33N3O6. The fourth-order valence-corrected chi connectivity index (χ4v) is 3.70. The summed E-state index contributed by atoms with van der Waals surface area (Å²) in [5.41, 5.74) is 1.02. The molecule has 4 atom stereocenters. The number of carbonyl (C=O) groups is 4. The van der Waals surface area contributed by atoms with Crippen LogP contribution in [0.15, 0.2) is 30.3 Å². The lowest BCUT2D eigenvalue weighted by Crippen LogP contribution is -2.53. The molecule has 176 valence electrons. The summed E-state index contributed by atoms with van der Waals surface area (Å²) in [7, 11) is 0. The van der Waals surface area contributed by atoms with Crippen LogP contribution in [0.5, 0.6) is 0 Å². The number of hydrogen-bond donors (Lipinski definition) is 4. The van der Waals surface area contributed by atoms with Crippen LogP contribution in [0.2, 0.25) is 0 Å². The lowest BCUT2D eigenvalue weighted by Gasteiger charge is -2.24. The van der Waals surface area contributed by atoms with Crippen molar-refractivity contribution in [1.29, 1.82) is 0 Å². The number of alkyl carbamates (subject to hydrolysis) is 1. The molecule has 0 aliphatic carbocycles. The van der Waals surface area contributed by atoms with Crippen molar-refractivity contribution in [3.8, 4) is 0 Å². The Hall–Kier alpha value is -3.10. The van der Waals surface area contributed by atoms with Gasteiger partial charge in [0, 0.05) is 18.9 Å². The number of aliphatic carboxylic acids is 1. The third-order valence-electron chi connectivity index (χ3n) is 5.29. The van der Waals surface area contributed by atoms with Crippen molar-refractivity contribution >= 4 is 23.9 Å². The van der Waals surface area contributed by atoms with Gasteiger partial charge in [0.1, 0.15) is 18.2 Å². The number of carbonyl (C=O) groups excluding carboxylic acids is 3. The van der Waals surface area contributed by atoms with Crippen LogP contribution in [-0.2, 0) is 25.5 Å². The Labute approximate surface area is 188 Å². The summed E-state index contributed by atoms with van der Waals surface area (Å²) in [5, 5.41) is 17.2. The van der Waals surface area contributed by atoms with Crippen molar-refractivity contribution in [3.63, 3.8) is 0 Å². The highest BCUT2D eigenvalue weighted by Crippen LogP contribution is 2.17. The van der Waals surface area contributed by atoms with Crippen LogP contribution in [0.4, 0.5) is 4.79 Å². The van der Waals surface area contributed by atoms with Gasteiger partial charge in [0.05, 0.1) is 0 Å². The molecule has 0 bridgehead atoms. The maximum Gasteiger partial charge on any atom is 0.408 e. The zero-order chi connectivity index (χ0) is 23.7. The molecule has 1 aromatic carbocycles. The molecule has 2 rings (SSSR count). The normalized spacial score (nSPS) is 18.4. The van der Waals surface area contributed by atoms with Gasteiger partial charge >= 0.3 is 12.1 Å². The van der Waals surface area contributed by atoms with Crippen LogP contribution in [0.3, 0.4) is 0 Å². The SMILES string of the molecule is CC(C)C[C@H](NC(=O)OC(C)Cc1ccccc1)C(=O)N[C@@H](C[C@@H]1CCNC1=O)C(=O)O. The second-order valence-electron chi connectivity index (χ2n) is 8.64. The molecule has 0 saturated carbocycles. The van der Waals surface area contributed by atoms with Crippen molar-refractivity contribution in [2.45, 2.75) is 64.6 Å². The highest BCUT2D eigenvalue weighted by molar-refractivity contribution is 5.90. The summed E-state index contributed by atoms with van der Waals surface area (Å²) in [4.78, 5) is 48.7. The minimum absolute atomic E-state index is 0.000138. The van der Waals surface area contributed by atoms with E-state index >= 15 is 0 Å². The maximum absolute atomic E-state index is 12.8. The van der Waals surface area contributed by atoms with Gasteiger partial charge in [-0.1, -0.05) is 44.2 Å². The largest absolute Gasteiger partial charge is 0.480 e. The van der Waals surface area contributed by atoms with Gasteiger partial charge in [0.2, 0.25) is 11.8 Å². The Morgan fingerprint density at radius 3 is 2.38 bits per heavy atom. The van der Waals surface area contributed by atoms with Crippen molar-refractivity contribution in [2.75, 3.05) is 6.54 Å². The molecule has 1 fully saturated rings. The predicted molar refractivity (Wildman–Crippen MR) is 118 cm³/mol. The molecule has 1 aliphatic heterocycles. The molecule has 1 heterocycles. The van der Waals surface area contributed by atoms with E-state index in [1.54, 1.807) is 6.92 Å². The Balaban J connectivity index is 1.95. The lowest BCUT2D eigenvalue weighted by atomic mass is 9.97. The van der Waals surface area contributed by atoms with Gasteiger partial charge in [-0.3, -0.25) is 9.59 Å². The second-order valence-corrected chi connectivity index (χ2v) is 8.64. The molecule has 9 nitrogen and oxygen atoms in total. The number of amides is 3. The van der Waals surface area contributed by atoms with Gasteiger partial charge in [0.15, 0.2) is 0 Å². The summed E-state index contributed by atoms with van der Waals surface area (Å²) < 4.78 is 5.39. The Kier molecular flexibility index (Phi) is 9.49. The first-order valence-corrected chi connectivity index (χ1v) is 11.0. The topological polar surface area (TPSA) is 134 Å². The maximum atomic E-state index is 12.8. The summed E-state index contributed by atoms with van der Waals surface area (Å²) in [6, 6.07) is 7.40. The standard InChI is InChI=1S/C23H33N3O6/c1-14(2)11-18(26-23(31)32-15(3)12-16-7-5-4-6-8-16)21(28)25-19(22(29)30)13-17-9-10-24-20(17)27/h4-8,14-15,17-19H,9-13H2,1-3H3,(H,24,27)(H,25,28)(H,26,31)(H,29,30)/t15?,17-,18-,19-/m0/s1. The number of hydrogen-bond acceptors (Lipinski definition) is 5. The summed E-state index contributed by atoms with van der Waals surface area (Å²) in [5.74, 6) is -2.44. The second kappa shape index (κ2) is 12.1. The highest BCUT2D eigenvalue weighted by atomic mass is 16.6. The van der Waals surface area contributed by atoms with Gasteiger partial charge < -0.3 is 25.8 Å². The summed E-state index contributed by atoms with van der Waals surface area (Å²) >= 11 is 0. The Bertz CT molecular complexity index is 798. The first-order valence-electron chi connectivity index (χ1n) is 11.0. The monoisotopic (exact) mass is 447 g/mol. The summed E-state index contributed by atoms with van der Waals surface area (Å²) in [6.45, 7) is 6.04. The van der Waals surface area contributed by atoms with Crippen molar-refractivity contribution in [1.82, 2.24) is 16.0 Å². The molecule has 1 saturated heterocycles. The Morgan fingerprint density at radius 2 is 1.81 bits per heavy atom.